The van der Waals surface area contributed by atoms with Crippen molar-refractivity contribution in [3.05, 3.63) is 58.3 Å². The molecule has 1 aromatic heterocycles. The van der Waals surface area contributed by atoms with Crippen LogP contribution < -0.4 is 4.74 Å². The van der Waals surface area contributed by atoms with Crippen LogP contribution in [0.1, 0.15) is 38.2 Å². The van der Waals surface area contributed by atoms with Gasteiger partial charge in [0.15, 0.2) is 0 Å². The molecule has 1 aliphatic rings. The molecule has 0 radical (unpaired) electrons. The molecule has 0 bridgehead atoms. The molecule has 0 N–H and O–H groups in total. The monoisotopic (exact) mass is 493 g/mol. The highest BCUT2D eigenvalue weighted by Gasteiger charge is 2.35. The van der Waals surface area contributed by atoms with Gasteiger partial charge < -0.3 is 14.0 Å². The first kappa shape index (κ1) is 21.5. The van der Waals surface area contributed by atoms with Gasteiger partial charge in [-0.05, 0) is 45.0 Å². The molecule has 0 fully saturated rings. The number of alkyl halides is 2. The molecule has 3 aromatic rings. The molecule has 164 valence electrons. The topological polar surface area (TPSA) is 56.6 Å². The van der Waals surface area contributed by atoms with E-state index < -0.39 is 24.3 Å². The van der Waals surface area contributed by atoms with E-state index in [0.29, 0.717) is 11.4 Å². The van der Waals surface area contributed by atoms with Gasteiger partial charge in [0.1, 0.15) is 17.2 Å². The van der Waals surface area contributed by atoms with E-state index in [-0.39, 0.29) is 18.8 Å². The Hall–Kier alpha value is -2.68. The van der Waals surface area contributed by atoms with Crippen LogP contribution in [0, 0.1) is 0 Å². The van der Waals surface area contributed by atoms with Crippen molar-refractivity contribution in [2.45, 2.75) is 45.6 Å². The third kappa shape index (κ3) is 4.51. The standard InChI is InChI=1S/C22H22BrF2N3O3/c1-22(2,3)31-21(29)27-11-17(14-6-4-5-7-18(14)30-20(24)25)28-16-10-13(23)8-9-15(16)26-19(28)12-27/h4-10,17,20H,11-12H2,1-3H3/t17-/m0/s1. The highest BCUT2D eigenvalue weighted by molar-refractivity contribution is 9.10. The molecule has 2 aromatic carbocycles. The van der Waals surface area contributed by atoms with Crippen LogP contribution in [0.2, 0.25) is 0 Å². The molecular formula is C22H22BrF2N3O3. The van der Waals surface area contributed by atoms with Crippen LogP contribution in [-0.2, 0) is 11.3 Å². The molecular weight excluding hydrogens is 472 g/mol. The lowest BCUT2D eigenvalue weighted by Gasteiger charge is -2.36. The molecule has 1 atom stereocenters. The highest BCUT2D eigenvalue weighted by Crippen LogP contribution is 2.37. The second-order valence-corrected chi connectivity index (χ2v) is 9.24. The number of hydrogen-bond donors (Lipinski definition) is 0. The van der Waals surface area contributed by atoms with Gasteiger partial charge in [-0.15, -0.1) is 0 Å². The number of nitrogens with zero attached hydrogens (tertiary/aromatic N) is 3. The summed E-state index contributed by atoms with van der Waals surface area (Å²) in [4.78, 5) is 19.1. The van der Waals surface area contributed by atoms with E-state index >= 15 is 0 Å². The van der Waals surface area contributed by atoms with E-state index in [2.05, 4.69) is 15.9 Å². The number of amides is 1. The summed E-state index contributed by atoms with van der Waals surface area (Å²) in [5.41, 5.74) is 1.47. The van der Waals surface area contributed by atoms with E-state index in [4.69, 9.17) is 14.5 Å². The number of rotatable bonds is 3. The minimum absolute atomic E-state index is 0.0661. The number of ether oxygens (including phenoxy) is 2. The maximum atomic E-state index is 13.1. The lowest BCUT2D eigenvalue weighted by atomic mass is 10.0. The number of hydrogen-bond acceptors (Lipinski definition) is 4. The number of carbonyl (C=O) groups excluding carboxylic acids is 1. The van der Waals surface area contributed by atoms with Gasteiger partial charge in [-0.1, -0.05) is 34.1 Å². The average Bonchev–Trinajstić information content (AvgIpc) is 3.04. The number of carbonyl (C=O) groups is 1. The van der Waals surface area contributed by atoms with Crippen LogP contribution in [0.15, 0.2) is 46.9 Å². The van der Waals surface area contributed by atoms with Crippen LogP contribution in [0.3, 0.4) is 0 Å². The van der Waals surface area contributed by atoms with Gasteiger partial charge in [0.25, 0.3) is 0 Å². The Morgan fingerprint density at radius 2 is 1.97 bits per heavy atom. The molecule has 4 rings (SSSR count). The molecule has 31 heavy (non-hydrogen) atoms. The molecule has 0 unspecified atom stereocenters. The van der Waals surface area contributed by atoms with Crippen LogP contribution in [0.25, 0.3) is 11.0 Å². The van der Waals surface area contributed by atoms with E-state index in [9.17, 15) is 13.6 Å². The smallest absolute Gasteiger partial charge is 0.410 e. The van der Waals surface area contributed by atoms with Crippen LogP contribution >= 0.6 is 15.9 Å². The van der Waals surface area contributed by atoms with Crippen molar-refractivity contribution >= 4 is 33.1 Å². The maximum Gasteiger partial charge on any atom is 0.410 e. The molecule has 0 saturated heterocycles. The van der Waals surface area contributed by atoms with E-state index in [0.717, 1.165) is 15.5 Å². The van der Waals surface area contributed by atoms with Gasteiger partial charge in [-0.3, -0.25) is 4.90 Å². The second-order valence-electron chi connectivity index (χ2n) is 8.32. The van der Waals surface area contributed by atoms with Crippen molar-refractivity contribution < 1.29 is 23.0 Å². The molecule has 1 amide bonds. The summed E-state index contributed by atoms with van der Waals surface area (Å²) in [6, 6.07) is 11.8. The molecule has 9 heteroatoms. The van der Waals surface area contributed by atoms with Gasteiger partial charge in [-0.2, -0.15) is 8.78 Å². The Morgan fingerprint density at radius 1 is 1.23 bits per heavy atom. The summed E-state index contributed by atoms with van der Waals surface area (Å²) in [5, 5.41) is 0. The second kappa shape index (κ2) is 8.11. The van der Waals surface area contributed by atoms with Gasteiger partial charge in [0.05, 0.1) is 23.6 Å². The normalized spacial score (nSPS) is 16.5. The minimum Gasteiger partial charge on any atom is -0.444 e. The first-order valence-corrected chi connectivity index (χ1v) is 10.6. The minimum atomic E-state index is -2.96. The highest BCUT2D eigenvalue weighted by atomic mass is 79.9. The Labute approximate surface area is 186 Å². The van der Waals surface area contributed by atoms with E-state index in [1.807, 2.05) is 22.8 Å². The third-order valence-corrected chi connectivity index (χ3v) is 5.40. The fourth-order valence-electron chi connectivity index (χ4n) is 3.76. The van der Waals surface area contributed by atoms with Crippen molar-refractivity contribution in [2.75, 3.05) is 6.54 Å². The first-order valence-electron chi connectivity index (χ1n) is 9.80. The zero-order valence-corrected chi connectivity index (χ0v) is 18.9. The molecule has 2 heterocycles. The van der Waals surface area contributed by atoms with Crippen molar-refractivity contribution in [3.8, 4) is 5.75 Å². The number of halogens is 3. The Bertz CT molecular complexity index is 1130. The summed E-state index contributed by atoms with van der Waals surface area (Å²) in [7, 11) is 0. The maximum absolute atomic E-state index is 13.1. The van der Waals surface area contributed by atoms with Gasteiger partial charge in [0, 0.05) is 16.6 Å². The largest absolute Gasteiger partial charge is 0.444 e. The fraction of sp³-hybridized carbons (Fsp3) is 0.364. The Kier molecular flexibility index (Phi) is 5.63. The van der Waals surface area contributed by atoms with E-state index in [1.54, 1.807) is 43.9 Å². The van der Waals surface area contributed by atoms with Gasteiger partial charge in [0.2, 0.25) is 0 Å². The Morgan fingerprint density at radius 3 is 2.68 bits per heavy atom. The van der Waals surface area contributed by atoms with Crippen LogP contribution in [-0.4, -0.2) is 39.3 Å². The molecule has 0 spiro atoms. The lowest BCUT2D eigenvalue weighted by Crippen LogP contribution is -2.44. The number of para-hydroxylation sites is 1. The zero-order valence-electron chi connectivity index (χ0n) is 17.3. The average molecular weight is 494 g/mol. The predicted octanol–water partition coefficient (Wildman–Crippen LogP) is 5.74. The van der Waals surface area contributed by atoms with Crippen LogP contribution in [0.4, 0.5) is 13.6 Å². The molecule has 1 aliphatic heterocycles. The Balaban J connectivity index is 1.84. The summed E-state index contributed by atoms with van der Waals surface area (Å²) in [5.74, 6) is 0.707. The quantitative estimate of drug-likeness (QED) is 0.466. The van der Waals surface area contributed by atoms with Crippen LogP contribution in [0.5, 0.6) is 5.75 Å². The zero-order chi connectivity index (χ0) is 22.3. The first-order chi connectivity index (χ1) is 14.6. The van der Waals surface area contributed by atoms with Crippen molar-refractivity contribution in [1.82, 2.24) is 14.5 Å². The predicted molar refractivity (Wildman–Crippen MR) is 115 cm³/mol. The number of benzene rings is 2. The fourth-order valence-corrected chi connectivity index (χ4v) is 4.11. The number of imidazole rings is 1. The van der Waals surface area contributed by atoms with E-state index in [1.165, 1.54) is 6.07 Å². The summed E-state index contributed by atoms with van der Waals surface area (Å²) >= 11 is 3.49. The summed E-state index contributed by atoms with van der Waals surface area (Å²) in [6.07, 6.45) is -0.482. The van der Waals surface area contributed by atoms with Crippen molar-refractivity contribution in [3.63, 3.8) is 0 Å². The van der Waals surface area contributed by atoms with Crippen molar-refractivity contribution in [1.29, 1.82) is 0 Å². The SMILES string of the molecule is CC(C)(C)OC(=O)N1Cc2nc3ccc(Br)cc3n2[C@H](c2ccccc2OC(F)F)C1. The molecule has 6 nitrogen and oxygen atoms in total. The van der Waals surface area contributed by atoms with Gasteiger partial charge in [-0.25, -0.2) is 9.78 Å². The summed E-state index contributed by atoms with van der Waals surface area (Å²) in [6.45, 7) is 2.90. The molecule has 0 saturated carbocycles. The summed E-state index contributed by atoms with van der Waals surface area (Å²) < 4.78 is 39.3. The lowest BCUT2D eigenvalue weighted by molar-refractivity contribution is -0.0509. The van der Waals surface area contributed by atoms with Gasteiger partial charge >= 0.3 is 12.7 Å². The van der Waals surface area contributed by atoms with Crippen molar-refractivity contribution in [2.24, 2.45) is 0 Å². The molecule has 0 aliphatic carbocycles. The third-order valence-electron chi connectivity index (χ3n) is 4.91. The number of aromatic nitrogens is 2. The number of fused-ring (bicyclic) bond motifs is 3.